The van der Waals surface area contributed by atoms with E-state index in [0.29, 0.717) is 12.0 Å². The molecule has 4 heteroatoms. The van der Waals surface area contributed by atoms with E-state index in [2.05, 4.69) is 58.9 Å². The van der Waals surface area contributed by atoms with Crippen molar-refractivity contribution < 1.29 is 13.6 Å². The topological polar surface area (TPSA) is 27.7 Å². The highest BCUT2D eigenvalue weighted by Crippen LogP contribution is 2.34. The van der Waals surface area contributed by atoms with Gasteiger partial charge in [-0.15, -0.1) is 0 Å². The monoisotopic (exact) mass is 462 g/mol. The maximum Gasteiger partial charge on any atom is 0.321 e. The van der Waals surface area contributed by atoms with Crippen LogP contribution in [0.25, 0.3) is 0 Å². The average molecular weight is 463 g/mol. The zero-order chi connectivity index (χ0) is 23.2. The van der Waals surface area contributed by atoms with Crippen LogP contribution in [0.4, 0.5) is 0 Å². The van der Waals surface area contributed by atoms with E-state index in [-0.39, 0.29) is 12.2 Å². The van der Waals surface area contributed by atoms with E-state index in [1.807, 2.05) is 0 Å². The molecule has 1 fully saturated rings. The number of ether oxygens (including phenoxy) is 1. The van der Waals surface area contributed by atoms with Gasteiger partial charge in [0, 0.05) is 18.8 Å². The van der Waals surface area contributed by atoms with Crippen LogP contribution in [0, 0.1) is 0 Å². The third-order valence-corrected chi connectivity index (χ3v) is 9.06. The van der Waals surface area contributed by atoms with Crippen molar-refractivity contribution in [1.29, 1.82) is 0 Å². The van der Waals surface area contributed by atoms with E-state index in [0.717, 1.165) is 19.1 Å². The number of aryl methyl sites for hydroxylation is 1. The van der Waals surface area contributed by atoms with Gasteiger partial charge in [0.2, 0.25) is 0 Å². The molecule has 1 aliphatic rings. The predicted octanol–water partition coefficient (Wildman–Crippen LogP) is 7.70. The van der Waals surface area contributed by atoms with E-state index in [1.165, 1.54) is 75.3 Å². The Labute approximate surface area is 200 Å². The Balaban J connectivity index is 1.62. The molecule has 0 heterocycles. The van der Waals surface area contributed by atoms with Gasteiger partial charge >= 0.3 is 9.28 Å². The summed E-state index contributed by atoms with van der Waals surface area (Å²) in [7, 11) is -1.57. The van der Waals surface area contributed by atoms with Crippen LogP contribution < -0.4 is 0 Å². The first-order valence-corrected chi connectivity index (χ1v) is 15.2. The summed E-state index contributed by atoms with van der Waals surface area (Å²) in [5.41, 5.74) is 3.04. The van der Waals surface area contributed by atoms with Crippen molar-refractivity contribution in [3.8, 4) is 0 Å². The second kappa shape index (κ2) is 16.0. The molecule has 0 bridgehead atoms. The fourth-order valence-corrected chi connectivity index (χ4v) is 6.78. The van der Waals surface area contributed by atoms with Crippen LogP contribution in [-0.2, 0) is 20.0 Å². The van der Waals surface area contributed by atoms with Crippen LogP contribution >= 0.6 is 0 Å². The Kier molecular flexibility index (Phi) is 13.8. The summed E-state index contributed by atoms with van der Waals surface area (Å²) in [6.07, 6.45) is 14.9. The van der Waals surface area contributed by atoms with Gasteiger partial charge in [0.25, 0.3) is 0 Å². The summed E-state index contributed by atoms with van der Waals surface area (Å²) in [6, 6.07) is 10.6. The highest BCUT2D eigenvalue weighted by molar-refractivity contribution is 6.44. The van der Waals surface area contributed by atoms with Crippen LogP contribution in [0.1, 0.15) is 116 Å². The fraction of sp³-hybridized carbons (Fsp3) is 0.786. The van der Waals surface area contributed by atoms with Gasteiger partial charge in [-0.1, -0.05) is 56.9 Å². The number of benzene rings is 1. The molecule has 1 aromatic carbocycles. The number of hydrogen-bond donors (Lipinski definition) is 0. The molecule has 2 rings (SSSR count). The zero-order valence-electron chi connectivity index (χ0n) is 21.6. The Morgan fingerprint density at radius 3 is 2.03 bits per heavy atom. The normalized spacial score (nSPS) is 19.4. The van der Waals surface area contributed by atoms with Crippen LogP contribution in [0.2, 0.25) is 6.04 Å². The maximum absolute atomic E-state index is 6.23. The number of hydrogen-bond acceptors (Lipinski definition) is 3. The van der Waals surface area contributed by atoms with E-state index in [9.17, 15) is 0 Å². The number of unbranched alkanes of at least 4 members (excludes halogenated alkanes) is 4. The number of rotatable bonds is 16. The largest absolute Gasteiger partial charge is 0.394 e. The molecule has 3 nitrogen and oxygen atoms in total. The van der Waals surface area contributed by atoms with Crippen LogP contribution in [0.15, 0.2) is 24.3 Å². The summed E-state index contributed by atoms with van der Waals surface area (Å²) in [4.78, 5) is 0. The molecular formula is C28H50O3Si. The molecule has 32 heavy (non-hydrogen) atoms. The first kappa shape index (κ1) is 27.6. The highest BCUT2D eigenvalue weighted by atomic mass is 28.3. The minimum Gasteiger partial charge on any atom is -0.394 e. The van der Waals surface area contributed by atoms with Gasteiger partial charge < -0.3 is 13.6 Å². The minimum atomic E-state index is -1.57. The lowest BCUT2D eigenvalue weighted by molar-refractivity contribution is 0.0237. The summed E-state index contributed by atoms with van der Waals surface area (Å²) in [5.74, 6) is 0.712. The third kappa shape index (κ3) is 11.4. The van der Waals surface area contributed by atoms with Crippen molar-refractivity contribution in [2.75, 3.05) is 6.61 Å². The van der Waals surface area contributed by atoms with Gasteiger partial charge in [0.1, 0.15) is 0 Å². The van der Waals surface area contributed by atoms with Gasteiger partial charge in [-0.2, -0.15) is 0 Å². The third-order valence-electron chi connectivity index (χ3n) is 6.48. The first-order chi connectivity index (χ1) is 15.5. The van der Waals surface area contributed by atoms with E-state index < -0.39 is 9.28 Å². The second-order valence-electron chi connectivity index (χ2n) is 10.2. The highest BCUT2D eigenvalue weighted by Gasteiger charge is 2.23. The Hall–Kier alpha value is -0.683. The first-order valence-electron chi connectivity index (χ1n) is 13.5. The molecule has 0 amide bonds. The Bertz CT molecular complexity index is 569. The maximum atomic E-state index is 6.23. The van der Waals surface area contributed by atoms with Crippen molar-refractivity contribution in [1.82, 2.24) is 0 Å². The molecule has 0 aromatic heterocycles. The summed E-state index contributed by atoms with van der Waals surface area (Å²) >= 11 is 0. The molecule has 1 saturated carbocycles. The van der Waals surface area contributed by atoms with Crippen molar-refractivity contribution >= 4 is 9.28 Å². The molecule has 1 aromatic rings. The van der Waals surface area contributed by atoms with Crippen molar-refractivity contribution in [3.63, 3.8) is 0 Å². The van der Waals surface area contributed by atoms with Gasteiger partial charge in [0.15, 0.2) is 0 Å². The lowest BCUT2D eigenvalue weighted by Crippen LogP contribution is -2.30. The minimum absolute atomic E-state index is 0.251. The molecule has 0 unspecified atom stereocenters. The predicted molar refractivity (Wildman–Crippen MR) is 139 cm³/mol. The van der Waals surface area contributed by atoms with Gasteiger partial charge in [-0.3, -0.25) is 0 Å². The molecule has 0 aliphatic heterocycles. The van der Waals surface area contributed by atoms with Gasteiger partial charge in [0.05, 0.1) is 6.10 Å². The average Bonchev–Trinajstić information content (AvgIpc) is 2.76. The van der Waals surface area contributed by atoms with Gasteiger partial charge in [-0.05, 0) is 95.7 Å². The summed E-state index contributed by atoms with van der Waals surface area (Å²) in [5, 5.41) is 0. The lowest BCUT2D eigenvalue weighted by atomic mass is 9.82. The molecule has 0 spiro atoms. The lowest BCUT2D eigenvalue weighted by Gasteiger charge is -2.29. The molecule has 0 radical (unpaired) electrons. The molecule has 184 valence electrons. The quantitative estimate of drug-likeness (QED) is 0.186. The fourth-order valence-electron chi connectivity index (χ4n) is 4.73. The van der Waals surface area contributed by atoms with E-state index in [4.69, 9.17) is 13.6 Å². The van der Waals surface area contributed by atoms with Crippen molar-refractivity contribution in [3.05, 3.63) is 35.4 Å². The molecule has 0 atom stereocenters. The van der Waals surface area contributed by atoms with Crippen molar-refractivity contribution in [2.24, 2.45) is 0 Å². The Morgan fingerprint density at radius 1 is 0.812 bits per heavy atom. The van der Waals surface area contributed by atoms with Crippen LogP contribution in [0.5, 0.6) is 0 Å². The molecule has 0 N–H and O–H groups in total. The zero-order valence-corrected chi connectivity index (χ0v) is 22.8. The molecule has 1 aliphatic carbocycles. The van der Waals surface area contributed by atoms with Crippen molar-refractivity contribution in [2.45, 2.75) is 136 Å². The smallest absolute Gasteiger partial charge is 0.321 e. The summed E-state index contributed by atoms with van der Waals surface area (Å²) < 4.78 is 18.3. The van der Waals surface area contributed by atoms with Crippen LogP contribution in [-0.4, -0.2) is 34.2 Å². The van der Waals surface area contributed by atoms with Gasteiger partial charge in [-0.25, -0.2) is 0 Å². The molecular weight excluding hydrogens is 412 g/mol. The van der Waals surface area contributed by atoms with E-state index in [1.54, 1.807) is 0 Å². The van der Waals surface area contributed by atoms with E-state index >= 15 is 0 Å². The SMILES string of the molecule is CCCCCCCc1ccc([C@H]2CC[C@H](OCCC[SiH](OC(C)C)OC(C)C)CC2)cc1. The second-order valence-corrected chi connectivity index (χ2v) is 12.2. The molecule has 0 saturated heterocycles. The standard InChI is InChI=1S/C28H50O3Si/c1-6-7-8-9-10-12-25-13-15-26(16-14-25)27-17-19-28(20-18-27)29-21-11-22-32(30-23(2)3)31-24(4)5/h13-16,23-24,27-28,32H,6-12,17-22H2,1-5H3/t27-,28-. The summed E-state index contributed by atoms with van der Waals surface area (Å²) in [6.45, 7) is 11.5. The Morgan fingerprint density at radius 2 is 1.44 bits per heavy atom. The van der Waals surface area contributed by atoms with Crippen LogP contribution in [0.3, 0.4) is 0 Å².